The third kappa shape index (κ3) is 2.27. The lowest BCUT2D eigenvalue weighted by Gasteiger charge is -2.16. The van der Waals surface area contributed by atoms with Crippen molar-refractivity contribution in [1.82, 2.24) is 9.55 Å². The number of hydrogen-bond acceptors (Lipinski definition) is 2. The Hall–Kier alpha value is -2.07. The van der Waals surface area contributed by atoms with Gasteiger partial charge in [0, 0.05) is 0 Å². The van der Waals surface area contributed by atoms with Crippen LogP contribution in [0.4, 0.5) is 0 Å². The van der Waals surface area contributed by atoms with Gasteiger partial charge in [-0.1, -0.05) is 30.3 Å². The van der Waals surface area contributed by atoms with Crippen LogP contribution in [-0.2, 0) is 0 Å². The molecule has 0 aliphatic carbocycles. The van der Waals surface area contributed by atoms with Gasteiger partial charge in [0.2, 0.25) is 0 Å². The Morgan fingerprint density at radius 1 is 1.05 bits per heavy atom. The summed E-state index contributed by atoms with van der Waals surface area (Å²) in [4.78, 5) is 3.19. The van der Waals surface area contributed by atoms with Gasteiger partial charge in [-0.05, 0) is 43.4 Å². The van der Waals surface area contributed by atoms with Crippen LogP contribution in [0.5, 0.6) is 5.75 Å². The van der Waals surface area contributed by atoms with Gasteiger partial charge in [0.05, 0.1) is 11.0 Å². The zero-order valence-corrected chi connectivity index (χ0v) is 11.4. The van der Waals surface area contributed by atoms with E-state index in [1.54, 1.807) is 0 Å². The smallest absolute Gasteiger partial charge is 0.181 e. The van der Waals surface area contributed by atoms with E-state index in [2.05, 4.69) is 4.98 Å². The van der Waals surface area contributed by atoms with Crippen LogP contribution in [0.3, 0.4) is 0 Å². The Labute approximate surface area is 116 Å². The first-order chi connectivity index (χ1) is 9.25. The lowest BCUT2D eigenvalue weighted by atomic mass is 10.3. The number of benzene rings is 2. The van der Waals surface area contributed by atoms with Gasteiger partial charge in [-0.3, -0.25) is 4.57 Å². The first-order valence-electron chi connectivity index (χ1n) is 6.16. The van der Waals surface area contributed by atoms with E-state index in [1.807, 2.05) is 66.1 Å². The minimum Gasteiger partial charge on any atom is -0.470 e. The predicted octanol–water partition coefficient (Wildman–Crippen LogP) is 4.30. The molecule has 96 valence electrons. The predicted molar refractivity (Wildman–Crippen MR) is 78.9 cm³/mol. The van der Waals surface area contributed by atoms with Crippen LogP contribution in [0.25, 0.3) is 11.0 Å². The molecule has 1 unspecified atom stereocenters. The lowest BCUT2D eigenvalue weighted by molar-refractivity contribution is 0.155. The van der Waals surface area contributed by atoms with E-state index in [-0.39, 0.29) is 6.23 Å². The Kier molecular flexibility index (Phi) is 3.09. The Morgan fingerprint density at radius 2 is 1.74 bits per heavy atom. The van der Waals surface area contributed by atoms with E-state index >= 15 is 0 Å². The number of imidazole rings is 1. The molecule has 3 rings (SSSR count). The van der Waals surface area contributed by atoms with Gasteiger partial charge in [-0.15, -0.1) is 0 Å². The van der Waals surface area contributed by atoms with Gasteiger partial charge in [0.1, 0.15) is 5.75 Å². The van der Waals surface area contributed by atoms with Gasteiger partial charge in [0.25, 0.3) is 0 Å². The molecule has 0 spiro atoms. The third-order valence-corrected chi connectivity index (χ3v) is 3.34. The highest BCUT2D eigenvalue weighted by molar-refractivity contribution is 7.71. The van der Waals surface area contributed by atoms with E-state index in [0.717, 1.165) is 16.8 Å². The van der Waals surface area contributed by atoms with E-state index in [1.165, 1.54) is 0 Å². The number of ether oxygens (including phenoxy) is 1. The number of para-hydroxylation sites is 3. The highest BCUT2D eigenvalue weighted by Crippen LogP contribution is 2.22. The molecule has 0 fully saturated rings. The van der Waals surface area contributed by atoms with Crippen molar-refractivity contribution in [3.63, 3.8) is 0 Å². The summed E-state index contributed by atoms with van der Waals surface area (Å²) in [5.41, 5.74) is 2.08. The minimum atomic E-state index is -0.161. The molecule has 3 aromatic rings. The van der Waals surface area contributed by atoms with Crippen molar-refractivity contribution in [2.24, 2.45) is 0 Å². The number of nitrogens with zero attached hydrogens (tertiary/aromatic N) is 1. The van der Waals surface area contributed by atoms with Gasteiger partial charge < -0.3 is 9.72 Å². The van der Waals surface area contributed by atoms with Crippen molar-refractivity contribution in [3.05, 3.63) is 59.4 Å². The topological polar surface area (TPSA) is 29.9 Å². The summed E-state index contributed by atoms with van der Waals surface area (Å²) in [6, 6.07) is 17.8. The van der Waals surface area contributed by atoms with Crippen LogP contribution in [0.15, 0.2) is 54.6 Å². The summed E-state index contributed by atoms with van der Waals surface area (Å²) >= 11 is 5.37. The zero-order valence-electron chi connectivity index (χ0n) is 10.5. The molecule has 0 bridgehead atoms. The molecule has 0 radical (unpaired) electrons. The second kappa shape index (κ2) is 4.90. The fourth-order valence-corrected chi connectivity index (χ4v) is 2.54. The Morgan fingerprint density at radius 3 is 2.53 bits per heavy atom. The summed E-state index contributed by atoms with van der Waals surface area (Å²) in [5.74, 6) is 0.835. The molecule has 4 heteroatoms. The van der Waals surface area contributed by atoms with Crippen LogP contribution in [0.1, 0.15) is 13.2 Å². The van der Waals surface area contributed by atoms with Crippen molar-refractivity contribution >= 4 is 23.3 Å². The Balaban J connectivity index is 2.00. The third-order valence-electron chi connectivity index (χ3n) is 3.04. The number of fused-ring (bicyclic) bond motifs is 1. The van der Waals surface area contributed by atoms with Crippen LogP contribution in [-0.4, -0.2) is 9.55 Å². The van der Waals surface area contributed by atoms with E-state index in [0.29, 0.717) is 4.77 Å². The van der Waals surface area contributed by atoms with Gasteiger partial charge >= 0.3 is 0 Å². The first kappa shape index (κ1) is 12.0. The molecular formula is C15H14N2OS. The van der Waals surface area contributed by atoms with Crippen molar-refractivity contribution in [2.45, 2.75) is 13.2 Å². The SMILES string of the molecule is CC(Oc1ccccc1)n1c(=S)[nH]c2ccccc21. The van der Waals surface area contributed by atoms with Crippen LogP contribution in [0, 0.1) is 4.77 Å². The molecule has 1 heterocycles. The number of aromatic amines is 1. The monoisotopic (exact) mass is 270 g/mol. The van der Waals surface area contributed by atoms with E-state index in [4.69, 9.17) is 17.0 Å². The average Bonchev–Trinajstić information content (AvgIpc) is 2.75. The lowest BCUT2D eigenvalue weighted by Crippen LogP contribution is -2.12. The standard InChI is InChI=1S/C15H14N2OS/c1-11(18-12-7-3-2-4-8-12)17-14-10-6-5-9-13(14)16-15(17)19/h2-11H,1H3,(H,16,19). The summed E-state index contributed by atoms with van der Waals surface area (Å²) in [6.07, 6.45) is -0.161. The van der Waals surface area contributed by atoms with Crippen LogP contribution < -0.4 is 4.74 Å². The number of nitrogens with one attached hydrogen (secondary N) is 1. The zero-order chi connectivity index (χ0) is 13.2. The summed E-state index contributed by atoms with van der Waals surface area (Å²) in [6.45, 7) is 1.99. The highest BCUT2D eigenvalue weighted by Gasteiger charge is 2.11. The minimum absolute atomic E-state index is 0.161. The maximum absolute atomic E-state index is 5.92. The summed E-state index contributed by atoms with van der Waals surface area (Å²) in [7, 11) is 0. The second-order valence-electron chi connectivity index (χ2n) is 4.35. The molecule has 3 nitrogen and oxygen atoms in total. The van der Waals surface area contributed by atoms with Gasteiger partial charge in [-0.2, -0.15) is 0 Å². The normalized spacial score (nSPS) is 12.5. The van der Waals surface area contributed by atoms with Crippen molar-refractivity contribution in [3.8, 4) is 5.75 Å². The molecule has 0 saturated carbocycles. The summed E-state index contributed by atoms with van der Waals surface area (Å²) < 4.78 is 8.58. The molecule has 1 N–H and O–H groups in total. The largest absolute Gasteiger partial charge is 0.470 e. The highest BCUT2D eigenvalue weighted by atomic mass is 32.1. The molecule has 1 aromatic heterocycles. The molecule has 0 aliphatic rings. The number of hydrogen-bond donors (Lipinski definition) is 1. The molecule has 0 amide bonds. The fourth-order valence-electron chi connectivity index (χ4n) is 2.18. The molecule has 0 saturated heterocycles. The van der Waals surface area contributed by atoms with Crippen LogP contribution >= 0.6 is 12.2 Å². The number of aromatic nitrogens is 2. The molecule has 2 aromatic carbocycles. The second-order valence-corrected chi connectivity index (χ2v) is 4.73. The quantitative estimate of drug-likeness (QED) is 0.719. The fraction of sp³-hybridized carbons (Fsp3) is 0.133. The van der Waals surface area contributed by atoms with Crippen molar-refractivity contribution < 1.29 is 4.74 Å². The van der Waals surface area contributed by atoms with Gasteiger partial charge in [0.15, 0.2) is 11.0 Å². The number of H-pyrrole nitrogens is 1. The van der Waals surface area contributed by atoms with Gasteiger partial charge in [-0.25, -0.2) is 0 Å². The maximum Gasteiger partial charge on any atom is 0.181 e. The first-order valence-corrected chi connectivity index (χ1v) is 6.57. The molecule has 0 aliphatic heterocycles. The van der Waals surface area contributed by atoms with Crippen molar-refractivity contribution in [1.29, 1.82) is 0 Å². The Bertz CT molecular complexity index is 745. The van der Waals surface area contributed by atoms with E-state index < -0.39 is 0 Å². The van der Waals surface area contributed by atoms with Crippen LogP contribution in [0.2, 0.25) is 0 Å². The van der Waals surface area contributed by atoms with Crippen molar-refractivity contribution in [2.75, 3.05) is 0 Å². The number of rotatable bonds is 3. The maximum atomic E-state index is 5.92. The molecule has 19 heavy (non-hydrogen) atoms. The van der Waals surface area contributed by atoms with E-state index in [9.17, 15) is 0 Å². The summed E-state index contributed by atoms with van der Waals surface area (Å²) in [5, 5.41) is 0. The molecular weight excluding hydrogens is 256 g/mol. The average molecular weight is 270 g/mol. The molecule has 1 atom stereocenters.